The van der Waals surface area contributed by atoms with E-state index in [2.05, 4.69) is 4.98 Å². The number of aromatic nitrogens is 1. The number of pyridine rings is 1. The summed E-state index contributed by atoms with van der Waals surface area (Å²) in [6.45, 7) is 1.66. The van der Waals surface area contributed by atoms with Gasteiger partial charge in [0.05, 0.1) is 5.69 Å². The van der Waals surface area contributed by atoms with Crippen LogP contribution in [0.25, 0.3) is 0 Å². The molecule has 19 heavy (non-hydrogen) atoms. The first kappa shape index (κ1) is 12.9. The van der Waals surface area contributed by atoms with Crippen molar-refractivity contribution in [2.75, 3.05) is 0 Å². The standard InChI is InChI=1S/C13H11F2N3O/c1-7-11(3-2-4-18-7)19-12-9(14)5-8(13(16)17)6-10(12)15/h2-6H,1H3,(H3,16,17). The lowest BCUT2D eigenvalue weighted by molar-refractivity contribution is 0.403. The SMILES string of the molecule is Cc1ncccc1Oc1c(F)cc(C(=N)N)cc1F. The number of hydrogen-bond acceptors (Lipinski definition) is 3. The lowest BCUT2D eigenvalue weighted by Gasteiger charge is -2.10. The second kappa shape index (κ2) is 5.01. The zero-order valence-corrected chi connectivity index (χ0v) is 10.1. The van der Waals surface area contributed by atoms with E-state index in [0.717, 1.165) is 12.1 Å². The molecule has 0 bridgehead atoms. The number of benzene rings is 1. The van der Waals surface area contributed by atoms with Crippen molar-refractivity contribution in [3.8, 4) is 11.5 Å². The first-order valence-electron chi connectivity index (χ1n) is 5.42. The van der Waals surface area contributed by atoms with Crippen molar-refractivity contribution in [3.05, 3.63) is 53.4 Å². The Balaban J connectivity index is 2.42. The molecular formula is C13H11F2N3O. The Labute approximate surface area is 108 Å². The summed E-state index contributed by atoms with van der Waals surface area (Å²) in [6, 6.07) is 5.06. The van der Waals surface area contributed by atoms with Gasteiger partial charge < -0.3 is 10.5 Å². The minimum absolute atomic E-state index is 0.0368. The van der Waals surface area contributed by atoms with Gasteiger partial charge in [-0.2, -0.15) is 0 Å². The molecule has 2 rings (SSSR count). The molecule has 0 amide bonds. The van der Waals surface area contributed by atoms with E-state index in [1.807, 2.05) is 0 Å². The second-order valence-electron chi connectivity index (χ2n) is 3.87. The molecule has 6 heteroatoms. The van der Waals surface area contributed by atoms with Crippen LogP contribution in [0.15, 0.2) is 30.5 Å². The van der Waals surface area contributed by atoms with Gasteiger partial charge in [-0.15, -0.1) is 0 Å². The van der Waals surface area contributed by atoms with Crippen molar-refractivity contribution in [2.45, 2.75) is 6.92 Å². The highest BCUT2D eigenvalue weighted by molar-refractivity contribution is 5.95. The van der Waals surface area contributed by atoms with E-state index in [9.17, 15) is 8.78 Å². The smallest absolute Gasteiger partial charge is 0.198 e. The van der Waals surface area contributed by atoms with Crippen LogP contribution in [0.1, 0.15) is 11.3 Å². The quantitative estimate of drug-likeness (QED) is 0.660. The average molecular weight is 263 g/mol. The van der Waals surface area contributed by atoms with E-state index in [1.165, 1.54) is 0 Å². The van der Waals surface area contributed by atoms with Gasteiger partial charge in [0.15, 0.2) is 17.4 Å². The Morgan fingerprint density at radius 1 is 1.32 bits per heavy atom. The zero-order chi connectivity index (χ0) is 14.0. The summed E-state index contributed by atoms with van der Waals surface area (Å²) in [5.74, 6) is -2.54. The van der Waals surface area contributed by atoms with Crippen molar-refractivity contribution in [3.63, 3.8) is 0 Å². The normalized spacial score (nSPS) is 10.3. The topological polar surface area (TPSA) is 72.0 Å². The molecule has 0 atom stereocenters. The minimum Gasteiger partial charge on any atom is -0.449 e. The average Bonchev–Trinajstić information content (AvgIpc) is 2.35. The molecular weight excluding hydrogens is 252 g/mol. The van der Waals surface area contributed by atoms with Crippen molar-refractivity contribution < 1.29 is 13.5 Å². The summed E-state index contributed by atoms with van der Waals surface area (Å²) in [6.07, 6.45) is 1.55. The fraction of sp³-hybridized carbons (Fsp3) is 0.0769. The number of halogens is 2. The van der Waals surface area contributed by atoms with Gasteiger partial charge in [0.1, 0.15) is 11.6 Å². The number of nitrogens with two attached hydrogens (primary N) is 1. The summed E-state index contributed by atoms with van der Waals surface area (Å²) in [4.78, 5) is 3.96. The summed E-state index contributed by atoms with van der Waals surface area (Å²) in [5.41, 5.74) is 5.65. The van der Waals surface area contributed by atoms with Crippen LogP contribution in [-0.4, -0.2) is 10.8 Å². The third kappa shape index (κ3) is 2.67. The lowest BCUT2D eigenvalue weighted by Crippen LogP contribution is -2.12. The van der Waals surface area contributed by atoms with E-state index in [0.29, 0.717) is 5.69 Å². The van der Waals surface area contributed by atoms with Gasteiger partial charge in [0, 0.05) is 11.8 Å². The molecule has 0 saturated heterocycles. The van der Waals surface area contributed by atoms with Crippen molar-refractivity contribution >= 4 is 5.84 Å². The van der Waals surface area contributed by atoms with Crippen molar-refractivity contribution in [2.24, 2.45) is 5.73 Å². The molecule has 1 heterocycles. The molecule has 2 aromatic rings. The van der Waals surface area contributed by atoms with Crippen LogP contribution in [0.4, 0.5) is 8.78 Å². The van der Waals surface area contributed by atoms with E-state index in [1.54, 1.807) is 25.3 Å². The highest BCUT2D eigenvalue weighted by Gasteiger charge is 2.15. The first-order chi connectivity index (χ1) is 8.99. The molecule has 1 aromatic carbocycles. The molecule has 0 spiro atoms. The van der Waals surface area contributed by atoms with Crippen LogP contribution >= 0.6 is 0 Å². The second-order valence-corrected chi connectivity index (χ2v) is 3.87. The summed E-state index contributed by atoms with van der Waals surface area (Å²) in [7, 11) is 0. The van der Waals surface area contributed by atoms with Gasteiger partial charge in [-0.05, 0) is 31.2 Å². The third-order valence-corrected chi connectivity index (χ3v) is 2.48. The van der Waals surface area contributed by atoms with Crippen LogP contribution in [0.2, 0.25) is 0 Å². The highest BCUT2D eigenvalue weighted by Crippen LogP contribution is 2.29. The number of hydrogen-bond donors (Lipinski definition) is 2. The van der Waals surface area contributed by atoms with E-state index < -0.39 is 23.2 Å². The Bertz CT molecular complexity index is 621. The van der Waals surface area contributed by atoms with Crippen LogP contribution in [0, 0.1) is 24.0 Å². The molecule has 0 aliphatic carbocycles. The Kier molecular flexibility index (Phi) is 3.41. The predicted molar refractivity (Wildman–Crippen MR) is 66.4 cm³/mol. The molecule has 1 aromatic heterocycles. The maximum absolute atomic E-state index is 13.8. The van der Waals surface area contributed by atoms with E-state index in [4.69, 9.17) is 15.9 Å². The molecule has 0 radical (unpaired) electrons. The van der Waals surface area contributed by atoms with Gasteiger partial charge >= 0.3 is 0 Å². The maximum atomic E-state index is 13.8. The van der Waals surface area contributed by atoms with Crippen LogP contribution < -0.4 is 10.5 Å². The maximum Gasteiger partial charge on any atom is 0.198 e. The fourth-order valence-corrected chi connectivity index (χ4v) is 1.50. The monoisotopic (exact) mass is 263 g/mol. The molecule has 0 aliphatic rings. The molecule has 0 unspecified atom stereocenters. The van der Waals surface area contributed by atoms with Crippen LogP contribution in [0.3, 0.4) is 0 Å². The first-order valence-corrected chi connectivity index (χ1v) is 5.42. The zero-order valence-electron chi connectivity index (χ0n) is 10.1. The van der Waals surface area contributed by atoms with Gasteiger partial charge in [0.25, 0.3) is 0 Å². The number of aryl methyl sites for hydroxylation is 1. The Morgan fingerprint density at radius 3 is 2.47 bits per heavy atom. The number of nitrogen functional groups attached to an aromatic ring is 1. The molecule has 3 N–H and O–H groups in total. The molecule has 0 fully saturated rings. The summed E-state index contributed by atoms with van der Waals surface area (Å²) in [5, 5.41) is 7.15. The third-order valence-electron chi connectivity index (χ3n) is 2.48. The summed E-state index contributed by atoms with van der Waals surface area (Å²) < 4.78 is 32.7. The van der Waals surface area contributed by atoms with Crippen LogP contribution in [-0.2, 0) is 0 Å². The fourth-order valence-electron chi connectivity index (χ4n) is 1.50. The van der Waals surface area contributed by atoms with Gasteiger partial charge in [0.2, 0.25) is 0 Å². The minimum atomic E-state index is -0.923. The largest absolute Gasteiger partial charge is 0.449 e. The van der Waals surface area contributed by atoms with Gasteiger partial charge in [-0.3, -0.25) is 10.4 Å². The van der Waals surface area contributed by atoms with E-state index >= 15 is 0 Å². The number of nitrogens with one attached hydrogen (secondary N) is 1. The van der Waals surface area contributed by atoms with Crippen LogP contribution in [0.5, 0.6) is 11.5 Å². The highest BCUT2D eigenvalue weighted by atomic mass is 19.1. The van der Waals surface area contributed by atoms with Gasteiger partial charge in [-0.1, -0.05) is 0 Å². The number of amidine groups is 1. The molecule has 98 valence electrons. The summed E-state index contributed by atoms with van der Waals surface area (Å²) >= 11 is 0. The lowest BCUT2D eigenvalue weighted by atomic mass is 10.2. The molecule has 0 aliphatic heterocycles. The van der Waals surface area contributed by atoms with E-state index in [-0.39, 0.29) is 11.3 Å². The molecule has 0 saturated carbocycles. The molecule has 4 nitrogen and oxygen atoms in total. The number of rotatable bonds is 3. The van der Waals surface area contributed by atoms with Crippen molar-refractivity contribution in [1.82, 2.24) is 4.98 Å². The van der Waals surface area contributed by atoms with Gasteiger partial charge in [-0.25, -0.2) is 8.78 Å². The number of nitrogens with zero attached hydrogens (tertiary/aromatic N) is 1. The Morgan fingerprint density at radius 2 is 1.95 bits per heavy atom. The van der Waals surface area contributed by atoms with Crippen molar-refractivity contribution in [1.29, 1.82) is 5.41 Å². The number of ether oxygens (including phenoxy) is 1. The predicted octanol–water partition coefficient (Wildman–Crippen LogP) is 2.74. The Hall–Kier alpha value is -2.50.